The zero-order chi connectivity index (χ0) is 27.9. The maximum atomic E-state index is 15.2. The number of aromatic nitrogens is 4. The molecule has 0 saturated heterocycles. The third kappa shape index (κ3) is 6.56. The number of hydrogen-bond donors (Lipinski definition) is 1. The Kier molecular flexibility index (Phi) is 9.17. The van der Waals surface area contributed by atoms with E-state index in [0.29, 0.717) is 41.2 Å². The Morgan fingerprint density at radius 3 is 2.51 bits per heavy atom. The van der Waals surface area contributed by atoms with E-state index in [1.165, 1.54) is 36.7 Å². The molecule has 0 amide bonds. The molecule has 0 radical (unpaired) electrons. The summed E-state index contributed by atoms with van der Waals surface area (Å²) in [5.74, 6) is -1.09. The Bertz CT molecular complexity index is 1510. The second kappa shape index (κ2) is 12.7. The van der Waals surface area contributed by atoms with Gasteiger partial charge in [0.25, 0.3) is 0 Å². The van der Waals surface area contributed by atoms with E-state index in [-0.39, 0.29) is 27.8 Å². The van der Waals surface area contributed by atoms with Crippen molar-refractivity contribution < 1.29 is 18.3 Å². The van der Waals surface area contributed by atoms with Crippen LogP contribution in [-0.4, -0.2) is 40.3 Å². The summed E-state index contributed by atoms with van der Waals surface area (Å²) in [5.41, 5.74) is 2.32. The maximum Gasteiger partial charge on any atom is 0.316 e. The van der Waals surface area contributed by atoms with Crippen LogP contribution in [0.25, 0.3) is 22.3 Å². The lowest BCUT2D eigenvalue weighted by atomic mass is 10.0. The van der Waals surface area contributed by atoms with Gasteiger partial charge in [-0.3, -0.25) is 0 Å². The zero-order valence-corrected chi connectivity index (χ0v) is 22.5. The second-order valence-corrected chi connectivity index (χ2v) is 9.32. The number of nitriles is 1. The third-order valence-corrected chi connectivity index (χ3v) is 6.56. The molecular formula is C28H27ClF2N6O2. The van der Waals surface area contributed by atoms with E-state index < -0.39 is 17.7 Å². The predicted molar refractivity (Wildman–Crippen MR) is 145 cm³/mol. The molecule has 0 aliphatic rings. The molecule has 0 aliphatic heterocycles. The molecule has 0 spiro atoms. The largest absolute Gasteiger partial charge is 0.463 e. The van der Waals surface area contributed by atoms with Crippen molar-refractivity contribution in [1.29, 1.82) is 5.26 Å². The second-order valence-electron chi connectivity index (χ2n) is 8.94. The minimum atomic E-state index is -0.612. The lowest BCUT2D eigenvalue weighted by molar-refractivity contribution is 0.188. The standard InChI is InChI=1S/C28H27ClF2N6O2/c1-16(20-11-18(13-32)7-8-21(20)30)36-27-24(29)17(2)35-23-12-22(31)25(37-26(23)27)19-14-33-28(34-15-19)39-10-6-4-5-9-38-3/h7-8,11-12,14-16H,4-6,9-10H2,1-3H3,(H,35,36)/t16-/m1/s1. The van der Waals surface area contributed by atoms with Gasteiger partial charge in [0.05, 0.1) is 46.2 Å². The number of benzene rings is 1. The van der Waals surface area contributed by atoms with Gasteiger partial charge in [0, 0.05) is 43.3 Å². The molecule has 1 atom stereocenters. The molecular weight excluding hydrogens is 526 g/mol. The highest BCUT2D eigenvalue weighted by Gasteiger charge is 2.20. The molecule has 3 aromatic heterocycles. The molecule has 39 heavy (non-hydrogen) atoms. The van der Waals surface area contributed by atoms with E-state index >= 15 is 4.39 Å². The van der Waals surface area contributed by atoms with Gasteiger partial charge in [0.1, 0.15) is 17.0 Å². The molecule has 1 N–H and O–H groups in total. The maximum absolute atomic E-state index is 15.2. The summed E-state index contributed by atoms with van der Waals surface area (Å²) in [5, 5.41) is 12.7. The van der Waals surface area contributed by atoms with Crippen LogP contribution in [0, 0.1) is 29.9 Å². The Balaban J connectivity index is 1.63. The number of nitrogens with zero attached hydrogens (tertiary/aromatic N) is 5. The first-order chi connectivity index (χ1) is 18.8. The van der Waals surface area contributed by atoms with E-state index in [9.17, 15) is 9.65 Å². The summed E-state index contributed by atoms with van der Waals surface area (Å²) in [6.45, 7) is 4.58. The van der Waals surface area contributed by atoms with Crippen molar-refractivity contribution in [2.45, 2.75) is 39.2 Å². The molecule has 0 bridgehead atoms. The van der Waals surface area contributed by atoms with Gasteiger partial charge in [0.15, 0.2) is 5.82 Å². The zero-order valence-electron chi connectivity index (χ0n) is 21.8. The molecule has 202 valence electrons. The van der Waals surface area contributed by atoms with Crippen molar-refractivity contribution in [3.63, 3.8) is 0 Å². The lowest BCUT2D eigenvalue weighted by Crippen LogP contribution is -2.11. The highest BCUT2D eigenvalue weighted by molar-refractivity contribution is 6.35. The van der Waals surface area contributed by atoms with Gasteiger partial charge in [0.2, 0.25) is 0 Å². The van der Waals surface area contributed by atoms with Crippen LogP contribution in [0.15, 0.2) is 36.7 Å². The molecule has 8 nitrogen and oxygen atoms in total. The Morgan fingerprint density at radius 2 is 1.79 bits per heavy atom. The molecule has 0 unspecified atom stereocenters. The van der Waals surface area contributed by atoms with Gasteiger partial charge in [-0.05, 0) is 51.3 Å². The van der Waals surface area contributed by atoms with Crippen molar-refractivity contribution in [1.82, 2.24) is 19.9 Å². The monoisotopic (exact) mass is 552 g/mol. The van der Waals surface area contributed by atoms with E-state index in [1.807, 2.05) is 6.07 Å². The van der Waals surface area contributed by atoms with Gasteiger partial charge in [-0.25, -0.2) is 28.7 Å². The first-order valence-corrected chi connectivity index (χ1v) is 12.8. The van der Waals surface area contributed by atoms with Gasteiger partial charge in [-0.1, -0.05) is 11.6 Å². The van der Waals surface area contributed by atoms with E-state index in [1.54, 1.807) is 21.0 Å². The minimum absolute atomic E-state index is 0.00342. The van der Waals surface area contributed by atoms with Gasteiger partial charge in [-0.15, -0.1) is 0 Å². The minimum Gasteiger partial charge on any atom is -0.463 e. The number of fused-ring (bicyclic) bond motifs is 1. The Hall–Kier alpha value is -3.94. The smallest absolute Gasteiger partial charge is 0.316 e. The number of halogens is 3. The van der Waals surface area contributed by atoms with Gasteiger partial charge in [-0.2, -0.15) is 5.26 Å². The molecule has 4 aromatic rings. The third-order valence-electron chi connectivity index (χ3n) is 6.10. The quantitative estimate of drug-likeness (QED) is 0.208. The summed E-state index contributed by atoms with van der Waals surface area (Å²) >= 11 is 6.60. The SMILES string of the molecule is COCCCCCOc1ncc(-c2nc3c(N[C@H](C)c4cc(C#N)ccc4F)c(Cl)c(C)nc3cc2F)cn1. The highest BCUT2D eigenvalue weighted by Crippen LogP contribution is 2.36. The molecule has 3 heterocycles. The molecule has 4 rings (SSSR count). The summed E-state index contributed by atoms with van der Waals surface area (Å²) in [7, 11) is 1.67. The van der Waals surface area contributed by atoms with Crippen LogP contribution in [0.1, 0.15) is 49.0 Å². The number of hydrogen-bond acceptors (Lipinski definition) is 8. The first kappa shape index (κ1) is 28.1. The molecule has 0 saturated carbocycles. The van der Waals surface area contributed by atoms with E-state index in [2.05, 4.69) is 25.3 Å². The summed E-state index contributed by atoms with van der Waals surface area (Å²) in [6, 6.07) is 6.98. The summed E-state index contributed by atoms with van der Waals surface area (Å²) in [4.78, 5) is 17.3. The van der Waals surface area contributed by atoms with Crippen molar-refractivity contribution in [3.8, 4) is 23.3 Å². The molecule has 0 aliphatic carbocycles. The topological polar surface area (TPSA) is 106 Å². The number of methoxy groups -OCH3 is 1. The number of nitrogens with one attached hydrogen (secondary N) is 1. The van der Waals surface area contributed by atoms with Crippen LogP contribution in [0.2, 0.25) is 5.02 Å². The van der Waals surface area contributed by atoms with E-state index in [0.717, 1.165) is 19.3 Å². The molecule has 1 aromatic carbocycles. The van der Waals surface area contributed by atoms with Crippen molar-refractivity contribution >= 4 is 28.3 Å². The summed E-state index contributed by atoms with van der Waals surface area (Å²) in [6.07, 6.45) is 5.61. The Labute approximate surface area is 230 Å². The number of rotatable bonds is 11. The van der Waals surface area contributed by atoms with Crippen LogP contribution < -0.4 is 10.1 Å². The van der Waals surface area contributed by atoms with Crippen LogP contribution >= 0.6 is 11.6 Å². The van der Waals surface area contributed by atoms with Crippen molar-refractivity contribution in [3.05, 3.63) is 70.1 Å². The van der Waals surface area contributed by atoms with Crippen LogP contribution in [0.5, 0.6) is 6.01 Å². The van der Waals surface area contributed by atoms with Crippen LogP contribution in [0.3, 0.4) is 0 Å². The van der Waals surface area contributed by atoms with Crippen molar-refractivity contribution in [2.24, 2.45) is 0 Å². The van der Waals surface area contributed by atoms with Crippen LogP contribution in [0.4, 0.5) is 14.5 Å². The fourth-order valence-electron chi connectivity index (χ4n) is 4.04. The fourth-order valence-corrected chi connectivity index (χ4v) is 4.22. The van der Waals surface area contributed by atoms with E-state index in [4.69, 9.17) is 21.1 Å². The predicted octanol–water partition coefficient (Wildman–Crippen LogP) is 6.57. The summed E-state index contributed by atoms with van der Waals surface area (Å²) < 4.78 is 40.3. The average molecular weight is 553 g/mol. The van der Waals surface area contributed by atoms with Gasteiger partial charge >= 0.3 is 6.01 Å². The van der Waals surface area contributed by atoms with Crippen molar-refractivity contribution in [2.75, 3.05) is 25.6 Å². The Morgan fingerprint density at radius 1 is 1.05 bits per heavy atom. The number of aryl methyl sites for hydroxylation is 1. The number of unbranched alkanes of at least 4 members (excludes halogenated alkanes) is 2. The number of pyridine rings is 2. The van der Waals surface area contributed by atoms with Crippen LogP contribution in [-0.2, 0) is 4.74 Å². The average Bonchev–Trinajstić information content (AvgIpc) is 2.93. The van der Waals surface area contributed by atoms with Gasteiger partial charge < -0.3 is 14.8 Å². The number of ether oxygens (including phenoxy) is 2. The highest BCUT2D eigenvalue weighted by atomic mass is 35.5. The molecule has 11 heteroatoms. The fraction of sp³-hybridized carbons (Fsp3) is 0.321. The lowest BCUT2D eigenvalue weighted by Gasteiger charge is -2.20. The number of anilines is 1. The molecule has 0 fully saturated rings. The first-order valence-electron chi connectivity index (χ1n) is 12.4. The normalized spacial score (nSPS) is 11.8.